The van der Waals surface area contributed by atoms with Crippen molar-refractivity contribution in [1.29, 1.82) is 0 Å². The van der Waals surface area contributed by atoms with E-state index in [4.69, 9.17) is 18.9 Å². The van der Waals surface area contributed by atoms with Crippen LogP contribution in [-0.2, 0) is 28.9 Å². The average molecular weight is 548 g/mol. The lowest BCUT2D eigenvalue weighted by Crippen LogP contribution is -2.37. The van der Waals surface area contributed by atoms with Crippen LogP contribution in [0.5, 0.6) is 23.0 Å². The molecule has 8 nitrogen and oxygen atoms in total. The lowest BCUT2D eigenvalue weighted by Gasteiger charge is -2.31. The van der Waals surface area contributed by atoms with Gasteiger partial charge < -0.3 is 29.0 Å². The predicted octanol–water partition coefficient (Wildman–Crippen LogP) is 6.49. The van der Waals surface area contributed by atoms with E-state index in [0.29, 0.717) is 52.2 Å². The monoisotopic (exact) mass is 547 g/mol. The predicted molar refractivity (Wildman–Crippen MR) is 151 cm³/mol. The topological polar surface area (TPSA) is 94.5 Å². The molecule has 1 amide bonds. The Morgan fingerprint density at radius 2 is 1.57 bits per heavy atom. The zero-order valence-electron chi connectivity index (χ0n) is 23.1. The summed E-state index contributed by atoms with van der Waals surface area (Å²) in [5.41, 5.74) is 2.92. The average Bonchev–Trinajstić information content (AvgIpc) is 2.96. The van der Waals surface area contributed by atoms with Gasteiger partial charge in [0.2, 0.25) is 0 Å². The minimum Gasteiger partial charge on any atom is -0.493 e. The summed E-state index contributed by atoms with van der Waals surface area (Å²) in [6.45, 7) is 6.22. The molecule has 3 aromatic rings. The fourth-order valence-electron chi connectivity index (χ4n) is 4.46. The Labute approximate surface area is 235 Å². The van der Waals surface area contributed by atoms with Gasteiger partial charge in [-0.05, 0) is 72.4 Å². The number of fused-ring (bicyclic) bond motifs is 1. The van der Waals surface area contributed by atoms with E-state index in [1.165, 1.54) is 0 Å². The number of carbonyl (C=O) groups is 2. The zero-order valence-corrected chi connectivity index (χ0v) is 23.1. The summed E-state index contributed by atoms with van der Waals surface area (Å²) in [5.74, 6) is 2.45. The first kappa shape index (κ1) is 28.8. The van der Waals surface area contributed by atoms with Crippen LogP contribution in [0.15, 0.2) is 66.7 Å². The van der Waals surface area contributed by atoms with Gasteiger partial charge in [-0.2, -0.15) is 0 Å². The van der Waals surface area contributed by atoms with Crippen molar-refractivity contribution in [1.82, 2.24) is 4.90 Å². The molecule has 0 atom stereocenters. The van der Waals surface area contributed by atoms with Crippen LogP contribution in [-0.4, -0.2) is 48.4 Å². The maximum Gasteiger partial charge on any atom is 0.410 e. The summed E-state index contributed by atoms with van der Waals surface area (Å²) in [4.78, 5) is 25.5. The third-order valence-electron chi connectivity index (χ3n) is 6.49. The van der Waals surface area contributed by atoms with Crippen LogP contribution in [0.3, 0.4) is 0 Å². The quantitative estimate of drug-likeness (QED) is 0.244. The van der Waals surface area contributed by atoms with Crippen molar-refractivity contribution in [3.05, 3.63) is 83.4 Å². The molecule has 0 bridgehead atoms. The van der Waals surface area contributed by atoms with E-state index in [-0.39, 0.29) is 18.4 Å². The molecule has 1 aliphatic rings. The van der Waals surface area contributed by atoms with Crippen molar-refractivity contribution >= 4 is 12.1 Å². The van der Waals surface area contributed by atoms with Crippen molar-refractivity contribution in [3.8, 4) is 23.0 Å². The molecule has 40 heavy (non-hydrogen) atoms. The van der Waals surface area contributed by atoms with Crippen LogP contribution in [0.2, 0.25) is 0 Å². The summed E-state index contributed by atoms with van der Waals surface area (Å²) in [6, 6.07) is 20.9. The second kappa shape index (κ2) is 14.3. The highest BCUT2D eigenvalue weighted by Crippen LogP contribution is 2.32. The molecule has 8 heteroatoms. The summed E-state index contributed by atoms with van der Waals surface area (Å²) in [5, 5.41) is 9.19. The third kappa shape index (κ3) is 8.40. The molecule has 1 heterocycles. The first-order valence-corrected chi connectivity index (χ1v) is 13.7. The van der Waals surface area contributed by atoms with Crippen LogP contribution < -0.4 is 14.2 Å². The minimum atomic E-state index is -0.851. The summed E-state index contributed by atoms with van der Waals surface area (Å²) < 4.78 is 23.2. The fourth-order valence-corrected chi connectivity index (χ4v) is 4.46. The Hall–Kier alpha value is -4.20. The molecule has 0 radical (unpaired) electrons. The second-order valence-electron chi connectivity index (χ2n) is 10.2. The molecule has 0 unspecified atom stereocenters. The summed E-state index contributed by atoms with van der Waals surface area (Å²) in [6.07, 6.45) is 1.39. The van der Waals surface area contributed by atoms with Gasteiger partial charge >= 0.3 is 12.1 Å². The lowest BCUT2D eigenvalue weighted by atomic mass is 9.92. The number of benzene rings is 3. The number of hydrogen-bond donors (Lipinski definition) is 1. The highest BCUT2D eigenvalue weighted by atomic mass is 16.6. The molecule has 1 N–H and O–H groups in total. The molecule has 1 aliphatic heterocycles. The number of carbonyl (C=O) groups excluding carboxylic acids is 1. The first-order valence-electron chi connectivity index (χ1n) is 13.7. The third-order valence-corrected chi connectivity index (χ3v) is 6.49. The number of aryl methyl sites for hydroxylation is 1. The number of carboxylic acid groups (broad SMARTS) is 1. The second-order valence-corrected chi connectivity index (χ2v) is 10.2. The number of rotatable bonds is 13. The molecule has 4 rings (SSSR count). The van der Waals surface area contributed by atoms with Gasteiger partial charge in [-0.25, -0.2) is 4.79 Å². The maximum atomic E-state index is 12.6. The SMILES string of the molecule is CC(C)COC(=O)N1CCc2c(OCCCOc3ccc(Oc4ccccc4)cc3)ccc(CCC(=O)O)c2C1. The van der Waals surface area contributed by atoms with Crippen molar-refractivity contribution in [3.63, 3.8) is 0 Å². The van der Waals surface area contributed by atoms with Gasteiger partial charge in [-0.3, -0.25) is 4.79 Å². The van der Waals surface area contributed by atoms with Gasteiger partial charge in [0.1, 0.15) is 23.0 Å². The van der Waals surface area contributed by atoms with Gasteiger partial charge in [-0.15, -0.1) is 0 Å². The minimum absolute atomic E-state index is 0.0289. The standard InChI is InChI=1S/C32H37NO7/c1-23(2)22-39-32(36)33-18-17-28-29(21-33)24(10-16-31(34)35)9-15-30(28)38-20-6-19-37-25-11-13-27(14-12-25)40-26-7-4-3-5-8-26/h3-5,7-9,11-15,23H,6,10,16-22H2,1-2H3,(H,34,35). The highest BCUT2D eigenvalue weighted by Gasteiger charge is 2.26. The van der Waals surface area contributed by atoms with Crippen LogP contribution in [0.1, 0.15) is 43.4 Å². The molecule has 0 saturated heterocycles. The summed E-state index contributed by atoms with van der Waals surface area (Å²) >= 11 is 0. The van der Waals surface area contributed by atoms with Gasteiger partial charge in [0.15, 0.2) is 0 Å². The lowest BCUT2D eigenvalue weighted by molar-refractivity contribution is -0.136. The highest BCUT2D eigenvalue weighted by molar-refractivity contribution is 5.69. The van der Waals surface area contributed by atoms with E-state index in [9.17, 15) is 14.7 Å². The van der Waals surface area contributed by atoms with Crippen LogP contribution in [0.4, 0.5) is 4.79 Å². The smallest absolute Gasteiger partial charge is 0.410 e. The molecule has 0 fully saturated rings. The van der Waals surface area contributed by atoms with Gasteiger partial charge in [0.25, 0.3) is 0 Å². The van der Waals surface area contributed by atoms with Gasteiger partial charge in [-0.1, -0.05) is 38.1 Å². The molecule has 3 aromatic carbocycles. The fraction of sp³-hybridized carbons (Fsp3) is 0.375. The molecule has 0 saturated carbocycles. The number of ether oxygens (including phenoxy) is 4. The number of hydrogen-bond acceptors (Lipinski definition) is 6. The Morgan fingerprint density at radius 1 is 0.875 bits per heavy atom. The van der Waals surface area contributed by atoms with E-state index in [1.807, 2.05) is 80.6 Å². The molecule has 0 aromatic heterocycles. The zero-order chi connectivity index (χ0) is 28.3. The van der Waals surface area contributed by atoms with Gasteiger partial charge in [0.05, 0.1) is 19.8 Å². The molecule has 0 aliphatic carbocycles. The van der Waals surface area contributed by atoms with Crippen molar-refractivity contribution in [2.24, 2.45) is 5.92 Å². The molecule has 212 valence electrons. The number of nitrogens with zero attached hydrogens (tertiary/aromatic N) is 1. The Kier molecular flexibility index (Phi) is 10.3. The first-order chi connectivity index (χ1) is 19.4. The van der Waals surface area contributed by atoms with E-state index in [1.54, 1.807) is 4.90 Å². The van der Waals surface area contributed by atoms with Crippen LogP contribution in [0, 0.1) is 5.92 Å². The van der Waals surface area contributed by atoms with Crippen LogP contribution in [0.25, 0.3) is 0 Å². The number of para-hydroxylation sites is 1. The number of carboxylic acids is 1. The molecular weight excluding hydrogens is 510 g/mol. The van der Waals surface area contributed by atoms with Crippen molar-refractivity contribution < 1.29 is 33.6 Å². The Balaban J connectivity index is 1.30. The number of amides is 1. The normalized spacial score (nSPS) is 12.5. The van der Waals surface area contributed by atoms with Crippen molar-refractivity contribution in [2.75, 3.05) is 26.4 Å². The Bertz CT molecular complexity index is 1260. The van der Waals surface area contributed by atoms with Crippen molar-refractivity contribution in [2.45, 2.75) is 46.1 Å². The summed E-state index contributed by atoms with van der Waals surface area (Å²) in [7, 11) is 0. The maximum absolute atomic E-state index is 12.6. The largest absolute Gasteiger partial charge is 0.493 e. The van der Waals surface area contributed by atoms with E-state index in [2.05, 4.69) is 0 Å². The van der Waals surface area contributed by atoms with Gasteiger partial charge in [0, 0.05) is 31.5 Å². The van der Waals surface area contributed by atoms with E-state index >= 15 is 0 Å². The van der Waals surface area contributed by atoms with E-state index in [0.717, 1.165) is 39.7 Å². The molecule has 0 spiro atoms. The van der Waals surface area contributed by atoms with Crippen LogP contribution >= 0.6 is 0 Å². The Morgan fingerprint density at radius 3 is 2.30 bits per heavy atom. The number of aliphatic carboxylic acids is 1. The molecular formula is C32H37NO7. The van der Waals surface area contributed by atoms with E-state index < -0.39 is 5.97 Å².